The largest absolute Gasteiger partial charge is 0.481 e. The Kier molecular flexibility index (Phi) is 6.26. The Hall–Kier alpha value is -0.790. The molecular formula is C12H22O2. The minimum Gasteiger partial charge on any atom is -0.481 e. The Labute approximate surface area is 87.0 Å². The maximum atomic E-state index is 11.3. The number of allylic oxidation sites excluding steroid dienone is 1. The third-order valence-electron chi connectivity index (χ3n) is 2.49. The van der Waals surface area contributed by atoms with Gasteiger partial charge in [0.05, 0.1) is 5.41 Å². The van der Waals surface area contributed by atoms with E-state index in [1.54, 1.807) is 0 Å². The summed E-state index contributed by atoms with van der Waals surface area (Å²) in [6.45, 7) is 6.10. The minimum atomic E-state index is -0.675. The molecule has 0 amide bonds. The molecule has 0 fully saturated rings. The summed E-state index contributed by atoms with van der Waals surface area (Å²) < 4.78 is 0. The average molecular weight is 198 g/mol. The summed E-state index contributed by atoms with van der Waals surface area (Å²) in [7, 11) is 0. The fourth-order valence-corrected chi connectivity index (χ4v) is 1.81. The molecule has 0 atom stereocenters. The van der Waals surface area contributed by atoms with Gasteiger partial charge in [-0.25, -0.2) is 0 Å². The zero-order valence-electron chi connectivity index (χ0n) is 9.55. The predicted molar refractivity (Wildman–Crippen MR) is 59.3 cm³/mol. The smallest absolute Gasteiger partial charge is 0.313 e. The SMILES string of the molecule is CC/C=C/C(CCC)(CCC)C(=O)O. The first-order chi connectivity index (χ1) is 6.63. The van der Waals surface area contributed by atoms with E-state index in [4.69, 9.17) is 0 Å². The zero-order chi connectivity index (χ0) is 11.0. The molecule has 0 aromatic heterocycles. The van der Waals surface area contributed by atoms with Gasteiger partial charge >= 0.3 is 5.97 Å². The molecule has 0 saturated carbocycles. The van der Waals surface area contributed by atoms with Crippen molar-refractivity contribution in [3.05, 3.63) is 12.2 Å². The molecule has 0 spiro atoms. The fraction of sp³-hybridized carbons (Fsp3) is 0.750. The number of carbonyl (C=O) groups is 1. The molecule has 0 aliphatic rings. The molecule has 2 nitrogen and oxygen atoms in total. The lowest BCUT2D eigenvalue weighted by Crippen LogP contribution is -2.28. The maximum absolute atomic E-state index is 11.3. The van der Waals surface area contributed by atoms with Crippen molar-refractivity contribution in [2.45, 2.75) is 52.9 Å². The monoisotopic (exact) mass is 198 g/mol. The van der Waals surface area contributed by atoms with Crippen molar-refractivity contribution in [3.63, 3.8) is 0 Å². The van der Waals surface area contributed by atoms with Gasteiger partial charge in [0.1, 0.15) is 0 Å². The normalized spacial score (nSPS) is 12.2. The van der Waals surface area contributed by atoms with E-state index in [1.807, 2.05) is 32.9 Å². The van der Waals surface area contributed by atoms with Gasteiger partial charge in [-0.15, -0.1) is 0 Å². The van der Waals surface area contributed by atoms with Crippen molar-refractivity contribution in [1.29, 1.82) is 0 Å². The average Bonchev–Trinajstić information content (AvgIpc) is 2.14. The zero-order valence-corrected chi connectivity index (χ0v) is 9.55. The molecule has 0 aliphatic heterocycles. The molecule has 82 valence electrons. The standard InChI is InChI=1S/C12H22O2/c1-4-7-10-12(8-5-2,9-6-3)11(13)14/h7,10H,4-6,8-9H2,1-3H3,(H,13,14)/b10-7+. The molecule has 0 bridgehead atoms. The lowest BCUT2D eigenvalue weighted by atomic mass is 9.79. The van der Waals surface area contributed by atoms with Gasteiger partial charge in [0.2, 0.25) is 0 Å². The topological polar surface area (TPSA) is 37.3 Å². The molecule has 14 heavy (non-hydrogen) atoms. The van der Waals surface area contributed by atoms with Crippen molar-refractivity contribution in [2.75, 3.05) is 0 Å². The fourth-order valence-electron chi connectivity index (χ4n) is 1.81. The summed E-state index contributed by atoms with van der Waals surface area (Å²) in [5, 5.41) is 9.26. The highest BCUT2D eigenvalue weighted by Gasteiger charge is 2.33. The van der Waals surface area contributed by atoms with Crippen molar-refractivity contribution < 1.29 is 9.90 Å². The van der Waals surface area contributed by atoms with Crippen LogP contribution in [-0.4, -0.2) is 11.1 Å². The Morgan fingerprint density at radius 3 is 2.00 bits per heavy atom. The van der Waals surface area contributed by atoms with Crippen LogP contribution in [0, 0.1) is 5.41 Å². The lowest BCUT2D eigenvalue weighted by molar-refractivity contribution is -0.146. The first kappa shape index (κ1) is 13.2. The molecule has 0 aromatic rings. The van der Waals surface area contributed by atoms with Crippen molar-refractivity contribution in [2.24, 2.45) is 5.41 Å². The molecule has 0 rings (SSSR count). The second-order valence-electron chi connectivity index (χ2n) is 3.77. The highest BCUT2D eigenvalue weighted by Crippen LogP contribution is 2.32. The summed E-state index contributed by atoms with van der Waals surface area (Å²) in [5.74, 6) is -0.675. The minimum absolute atomic E-state index is 0.612. The quantitative estimate of drug-likeness (QED) is 0.634. The number of carboxylic acids is 1. The van der Waals surface area contributed by atoms with E-state index in [0.29, 0.717) is 0 Å². The van der Waals surface area contributed by atoms with Crippen LogP contribution in [0.25, 0.3) is 0 Å². The van der Waals surface area contributed by atoms with Gasteiger partial charge in [0.15, 0.2) is 0 Å². The van der Waals surface area contributed by atoms with Crippen LogP contribution in [0.3, 0.4) is 0 Å². The maximum Gasteiger partial charge on any atom is 0.313 e. The van der Waals surface area contributed by atoms with E-state index >= 15 is 0 Å². The first-order valence-electron chi connectivity index (χ1n) is 5.54. The van der Waals surface area contributed by atoms with Gasteiger partial charge in [-0.2, -0.15) is 0 Å². The predicted octanol–water partition coefficient (Wildman–Crippen LogP) is 3.62. The molecule has 0 unspecified atom stereocenters. The van der Waals surface area contributed by atoms with E-state index < -0.39 is 11.4 Å². The molecular weight excluding hydrogens is 176 g/mol. The second-order valence-corrected chi connectivity index (χ2v) is 3.77. The number of hydrogen-bond donors (Lipinski definition) is 1. The lowest BCUT2D eigenvalue weighted by Gasteiger charge is -2.25. The van der Waals surface area contributed by atoms with Gasteiger partial charge in [0, 0.05) is 0 Å². The van der Waals surface area contributed by atoms with Gasteiger partial charge in [-0.1, -0.05) is 45.8 Å². The Bertz CT molecular complexity index is 188. The molecule has 0 radical (unpaired) electrons. The van der Waals surface area contributed by atoms with Crippen LogP contribution in [0.4, 0.5) is 0 Å². The summed E-state index contributed by atoms with van der Waals surface area (Å²) in [6, 6.07) is 0. The number of rotatable bonds is 7. The third-order valence-corrected chi connectivity index (χ3v) is 2.49. The van der Waals surface area contributed by atoms with Crippen LogP contribution in [0.5, 0.6) is 0 Å². The molecule has 0 aliphatic carbocycles. The molecule has 0 saturated heterocycles. The second kappa shape index (κ2) is 6.63. The van der Waals surface area contributed by atoms with Crippen LogP contribution in [0.2, 0.25) is 0 Å². The highest BCUT2D eigenvalue weighted by atomic mass is 16.4. The summed E-state index contributed by atoms with van der Waals surface area (Å²) >= 11 is 0. The van der Waals surface area contributed by atoms with Crippen LogP contribution in [0.15, 0.2) is 12.2 Å². The molecule has 0 heterocycles. The van der Waals surface area contributed by atoms with Crippen LogP contribution >= 0.6 is 0 Å². The molecule has 2 heteroatoms. The van der Waals surface area contributed by atoms with E-state index in [9.17, 15) is 9.90 Å². The third kappa shape index (κ3) is 3.52. The highest BCUT2D eigenvalue weighted by molar-refractivity contribution is 5.77. The summed E-state index contributed by atoms with van der Waals surface area (Å²) in [4.78, 5) is 11.3. The van der Waals surface area contributed by atoms with Crippen molar-refractivity contribution in [3.8, 4) is 0 Å². The van der Waals surface area contributed by atoms with Crippen molar-refractivity contribution >= 4 is 5.97 Å². The van der Waals surface area contributed by atoms with Gasteiger partial charge in [-0.3, -0.25) is 4.79 Å². The summed E-state index contributed by atoms with van der Waals surface area (Å²) in [6.07, 6.45) is 8.09. The van der Waals surface area contributed by atoms with E-state index in [0.717, 1.165) is 32.1 Å². The summed E-state index contributed by atoms with van der Waals surface area (Å²) in [5.41, 5.74) is -0.612. The number of hydrogen-bond acceptors (Lipinski definition) is 1. The molecule has 0 aromatic carbocycles. The van der Waals surface area contributed by atoms with E-state index in [1.165, 1.54) is 0 Å². The van der Waals surface area contributed by atoms with Crippen molar-refractivity contribution in [1.82, 2.24) is 0 Å². The Morgan fingerprint density at radius 2 is 1.71 bits per heavy atom. The van der Waals surface area contributed by atoms with Gasteiger partial charge < -0.3 is 5.11 Å². The van der Waals surface area contributed by atoms with E-state index in [-0.39, 0.29) is 0 Å². The Morgan fingerprint density at radius 1 is 1.21 bits per heavy atom. The number of carboxylic acid groups (broad SMARTS) is 1. The van der Waals surface area contributed by atoms with Gasteiger partial charge in [0.25, 0.3) is 0 Å². The molecule has 1 N–H and O–H groups in total. The number of aliphatic carboxylic acids is 1. The van der Waals surface area contributed by atoms with Gasteiger partial charge in [-0.05, 0) is 19.3 Å². The van der Waals surface area contributed by atoms with Crippen LogP contribution < -0.4 is 0 Å². The van der Waals surface area contributed by atoms with E-state index in [2.05, 4.69) is 0 Å². The van der Waals surface area contributed by atoms with Crippen LogP contribution in [-0.2, 0) is 4.79 Å². The van der Waals surface area contributed by atoms with Crippen LogP contribution in [0.1, 0.15) is 52.9 Å². The Balaban J connectivity index is 4.73. The first-order valence-corrected chi connectivity index (χ1v) is 5.54.